The maximum absolute atomic E-state index is 4.63. The van der Waals surface area contributed by atoms with E-state index in [-0.39, 0.29) is 0 Å². The van der Waals surface area contributed by atoms with Crippen molar-refractivity contribution < 1.29 is 0 Å². The number of H-pyrrole nitrogens is 1. The first kappa shape index (κ1) is 11.8. The number of para-hydroxylation sites is 2. The van der Waals surface area contributed by atoms with E-state index in [2.05, 4.69) is 46.9 Å². The molecule has 0 aliphatic heterocycles. The topological polar surface area (TPSA) is 31.9 Å². The highest BCUT2D eigenvalue weighted by Crippen LogP contribution is 2.27. The summed E-state index contributed by atoms with van der Waals surface area (Å²) in [6, 6.07) is 14.5. The van der Waals surface area contributed by atoms with E-state index in [1.54, 1.807) is 0 Å². The fourth-order valence-corrected chi connectivity index (χ4v) is 2.29. The van der Waals surface area contributed by atoms with Gasteiger partial charge in [0.25, 0.3) is 0 Å². The molecular formula is C16H17N3. The number of fused-ring (bicyclic) bond motifs is 1. The van der Waals surface area contributed by atoms with E-state index in [9.17, 15) is 0 Å². The third-order valence-electron chi connectivity index (χ3n) is 3.42. The molecule has 0 amide bonds. The summed E-state index contributed by atoms with van der Waals surface area (Å²) in [5, 5.41) is 0. The van der Waals surface area contributed by atoms with E-state index in [0.717, 1.165) is 17.0 Å². The quantitative estimate of drug-likeness (QED) is 0.748. The summed E-state index contributed by atoms with van der Waals surface area (Å²) in [5.74, 6) is 0.870. The minimum Gasteiger partial charge on any atom is -0.324 e. The lowest BCUT2D eigenvalue weighted by molar-refractivity contribution is 1.09. The molecule has 0 bridgehead atoms. The summed E-state index contributed by atoms with van der Waals surface area (Å²) in [4.78, 5) is 10.1. The van der Waals surface area contributed by atoms with E-state index in [1.807, 2.05) is 31.3 Å². The van der Waals surface area contributed by atoms with Gasteiger partial charge in [0.1, 0.15) is 0 Å². The van der Waals surface area contributed by atoms with Crippen LogP contribution in [0.1, 0.15) is 11.1 Å². The lowest BCUT2D eigenvalue weighted by Gasteiger charge is -2.19. The van der Waals surface area contributed by atoms with Gasteiger partial charge in [-0.25, -0.2) is 4.98 Å². The molecule has 1 N–H and O–H groups in total. The summed E-state index contributed by atoms with van der Waals surface area (Å²) < 4.78 is 0. The number of aromatic nitrogens is 2. The van der Waals surface area contributed by atoms with Crippen molar-refractivity contribution in [2.45, 2.75) is 13.8 Å². The minimum atomic E-state index is 0.870. The molecule has 0 aliphatic rings. The average molecular weight is 251 g/mol. The van der Waals surface area contributed by atoms with Crippen LogP contribution in [0.2, 0.25) is 0 Å². The summed E-state index contributed by atoms with van der Waals surface area (Å²) in [5.41, 5.74) is 5.74. The van der Waals surface area contributed by atoms with Crippen molar-refractivity contribution in [2.75, 3.05) is 11.9 Å². The molecule has 3 heteroatoms. The molecule has 0 unspecified atom stereocenters. The van der Waals surface area contributed by atoms with Gasteiger partial charge >= 0.3 is 0 Å². The molecule has 0 radical (unpaired) electrons. The van der Waals surface area contributed by atoms with Crippen LogP contribution in [0.25, 0.3) is 11.0 Å². The molecule has 1 aromatic heterocycles. The predicted octanol–water partition coefficient (Wildman–Crippen LogP) is 3.95. The van der Waals surface area contributed by atoms with Crippen LogP contribution in [0.4, 0.5) is 11.6 Å². The van der Waals surface area contributed by atoms with E-state index in [1.165, 1.54) is 16.8 Å². The third kappa shape index (κ3) is 2.08. The highest BCUT2D eigenvalue weighted by Gasteiger charge is 2.11. The first-order chi connectivity index (χ1) is 9.15. The van der Waals surface area contributed by atoms with Crippen LogP contribution in [0.3, 0.4) is 0 Å². The summed E-state index contributed by atoms with van der Waals surface area (Å²) >= 11 is 0. The molecule has 0 saturated carbocycles. The van der Waals surface area contributed by atoms with Gasteiger partial charge in [0.2, 0.25) is 5.95 Å². The Morgan fingerprint density at radius 2 is 1.84 bits per heavy atom. The van der Waals surface area contributed by atoms with Crippen LogP contribution in [0.15, 0.2) is 42.5 Å². The number of aromatic amines is 1. The standard InChI is InChI=1S/C16H17N3/c1-11-8-9-12(2)15(10-11)19(3)16-17-13-6-4-5-7-14(13)18-16/h4-10H,1-3H3,(H,17,18). The largest absolute Gasteiger partial charge is 0.324 e. The Labute approximate surface area is 112 Å². The third-order valence-corrected chi connectivity index (χ3v) is 3.42. The number of nitrogens with one attached hydrogen (secondary N) is 1. The molecule has 96 valence electrons. The molecule has 0 aliphatic carbocycles. The van der Waals surface area contributed by atoms with Crippen molar-refractivity contribution >= 4 is 22.7 Å². The number of imidazole rings is 1. The van der Waals surface area contributed by atoms with E-state index >= 15 is 0 Å². The van der Waals surface area contributed by atoms with Gasteiger partial charge in [-0.2, -0.15) is 0 Å². The van der Waals surface area contributed by atoms with Gasteiger partial charge in [-0.3, -0.25) is 0 Å². The molecule has 0 atom stereocenters. The smallest absolute Gasteiger partial charge is 0.208 e. The first-order valence-corrected chi connectivity index (χ1v) is 6.41. The lowest BCUT2D eigenvalue weighted by Crippen LogP contribution is -2.12. The van der Waals surface area contributed by atoms with Crippen LogP contribution in [0.5, 0.6) is 0 Å². The van der Waals surface area contributed by atoms with E-state index in [0.29, 0.717) is 0 Å². The molecule has 3 nitrogen and oxygen atoms in total. The number of benzene rings is 2. The molecule has 2 aromatic carbocycles. The average Bonchev–Trinajstić information content (AvgIpc) is 2.84. The van der Waals surface area contributed by atoms with Gasteiger partial charge in [-0.15, -0.1) is 0 Å². The van der Waals surface area contributed by atoms with Gasteiger partial charge in [-0.1, -0.05) is 24.3 Å². The fraction of sp³-hybridized carbons (Fsp3) is 0.188. The number of hydrogen-bond acceptors (Lipinski definition) is 2. The Morgan fingerprint density at radius 3 is 2.63 bits per heavy atom. The molecule has 3 rings (SSSR count). The first-order valence-electron chi connectivity index (χ1n) is 6.41. The van der Waals surface area contributed by atoms with E-state index in [4.69, 9.17) is 0 Å². The number of anilines is 2. The Kier molecular flexibility index (Phi) is 2.75. The fourth-order valence-electron chi connectivity index (χ4n) is 2.29. The van der Waals surface area contributed by atoms with Crippen molar-refractivity contribution in [3.05, 3.63) is 53.6 Å². The number of hydrogen-bond donors (Lipinski definition) is 1. The normalized spacial score (nSPS) is 10.9. The lowest BCUT2D eigenvalue weighted by atomic mass is 10.1. The number of nitrogens with zero attached hydrogens (tertiary/aromatic N) is 2. The maximum atomic E-state index is 4.63. The second kappa shape index (κ2) is 4.43. The highest BCUT2D eigenvalue weighted by atomic mass is 15.2. The predicted molar refractivity (Wildman–Crippen MR) is 80.1 cm³/mol. The van der Waals surface area contributed by atoms with Crippen LogP contribution in [0, 0.1) is 13.8 Å². The molecule has 1 heterocycles. The second-order valence-corrected chi connectivity index (χ2v) is 4.93. The van der Waals surface area contributed by atoms with Crippen LogP contribution < -0.4 is 4.90 Å². The van der Waals surface area contributed by atoms with Crippen LogP contribution in [-0.2, 0) is 0 Å². The molecule has 0 saturated heterocycles. The summed E-state index contributed by atoms with van der Waals surface area (Å²) in [6.45, 7) is 4.23. The Bertz CT molecular complexity index is 695. The monoisotopic (exact) mass is 251 g/mol. The van der Waals surface area contributed by atoms with Crippen LogP contribution >= 0.6 is 0 Å². The molecular weight excluding hydrogens is 234 g/mol. The Balaban J connectivity index is 2.07. The van der Waals surface area contributed by atoms with Gasteiger partial charge in [0, 0.05) is 12.7 Å². The van der Waals surface area contributed by atoms with Gasteiger partial charge in [0.05, 0.1) is 11.0 Å². The molecule has 3 aromatic rings. The van der Waals surface area contributed by atoms with Gasteiger partial charge in [0.15, 0.2) is 0 Å². The summed E-state index contributed by atoms with van der Waals surface area (Å²) in [6.07, 6.45) is 0. The number of rotatable bonds is 2. The van der Waals surface area contributed by atoms with Crippen molar-refractivity contribution in [1.82, 2.24) is 9.97 Å². The molecule has 0 spiro atoms. The zero-order valence-corrected chi connectivity index (χ0v) is 11.4. The Morgan fingerprint density at radius 1 is 1.05 bits per heavy atom. The van der Waals surface area contributed by atoms with Crippen molar-refractivity contribution in [3.63, 3.8) is 0 Å². The number of aryl methyl sites for hydroxylation is 2. The zero-order valence-electron chi connectivity index (χ0n) is 11.4. The Hall–Kier alpha value is -2.29. The van der Waals surface area contributed by atoms with Crippen molar-refractivity contribution in [3.8, 4) is 0 Å². The SMILES string of the molecule is Cc1ccc(C)c(N(C)c2nc3ccccc3[nH]2)c1. The maximum Gasteiger partial charge on any atom is 0.208 e. The van der Waals surface area contributed by atoms with Crippen LogP contribution in [-0.4, -0.2) is 17.0 Å². The second-order valence-electron chi connectivity index (χ2n) is 4.93. The minimum absolute atomic E-state index is 0.870. The molecule has 19 heavy (non-hydrogen) atoms. The van der Waals surface area contributed by atoms with Crippen molar-refractivity contribution in [1.29, 1.82) is 0 Å². The van der Waals surface area contributed by atoms with E-state index < -0.39 is 0 Å². The molecule has 0 fully saturated rings. The highest BCUT2D eigenvalue weighted by molar-refractivity contribution is 5.79. The van der Waals surface area contributed by atoms with Crippen molar-refractivity contribution in [2.24, 2.45) is 0 Å². The summed E-state index contributed by atoms with van der Waals surface area (Å²) in [7, 11) is 2.04. The van der Waals surface area contributed by atoms with Gasteiger partial charge < -0.3 is 9.88 Å². The van der Waals surface area contributed by atoms with Gasteiger partial charge in [-0.05, 0) is 43.2 Å². The zero-order chi connectivity index (χ0) is 13.4.